The second-order valence-electron chi connectivity index (χ2n) is 8.39. The lowest BCUT2D eigenvalue weighted by molar-refractivity contribution is -0.117. The van der Waals surface area contributed by atoms with Crippen molar-refractivity contribution in [2.45, 2.75) is 43.3 Å². The number of anilines is 1. The van der Waals surface area contributed by atoms with Crippen molar-refractivity contribution < 1.29 is 17.9 Å². The van der Waals surface area contributed by atoms with Crippen LogP contribution in [0.4, 0.5) is 5.69 Å². The van der Waals surface area contributed by atoms with Crippen LogP contribution in [0.3, 0.4) is 0 Å². The molecular weight excluding hydrogens is 402 g/mol. The number of carbonyl (C=O) groups excluding carboxylic acids is 1. The second-order valence-corrected chi connectivity index (χ2v) is 11.1. The van der Waals surface area contributed by atoms with Crippen LogP contribution in [-0.2, 0) is 14.6 Å². The summed E-state index contributed by atoms with van der Waals surface area (Å²) in [7, 11) is -2.19. The van der Waals surface area contributed by atoms with Gasteiger partial charge in [-0.2, -0.15) is 0 Å². The third kappa shape index (κ3) is 3.25. The lowest BCUT2D eigenvalue weighted by Gasteiger charge is -2.21. The van der Waals surface area contributed by atoms with E-state index >= 15 is 0 Å². The first-order valence-corrected chi connectivity index (χ1v) is 11.3. The summed E-state index contributed by atoms with van der Waals surface area (Å²) >= 11 is 0. The Morgan fingerprint density at radius 1 is 1.17 bits per heavy atom. The SMILES string of the molecule is COc1cc2ncc(-c3cccc(N4CCCC4=O)c3)n2cc1S(=O)(=O)C(C)(C)C. The summed E-state index contributed by atoms with van der Waals surface area (Å²) in [4.78, 5) is 18.5. The van der Waals surface area contributed by atoms with E-state index < -0.39 is 14.6 Å². The highest BCUT2D eigenvalue weighted by atomic mass is 32.2. The first-order chi connectivity index (χ1) is 14.1. The number of benzene rings is 1. The van der Waals surface area contributed by atoms with Gasteiger partial charge in [0.05, 0.1) is 23.7 Å². The first kappa shape index (κ1) is 20.4. The number of hydrogen-bond acceptors (Lipinski definition) is 5. The molecule has 0 radical (unpaired) electrons. The van der Waals surface area contributed by atoms with Gasteiger partial charge in [-0.25, -0.2) is 13.4 Å². The maximum atomic E-state index is 13.2. The van der Waals surface area contributed by atoms with Crippen LogP contribution in [0.25, 0.3) is 16.9 Å². The van der Waals surface area contributed by atoms with Gasteiger partial charge in [-0.1, -0.05) is 12.1 Å². The molecule has 0 N–H and O–H groups in total. The molecule has 0 aliphatic carbocycles. The predicted molar refractivity (Wildman–Crippen MR) is 116 cm³/mol. The fraction of sp³-hybridized carbons (Fsp3) is 0.364. The van der Waals surface area contributed by atoms with Gasteiger partial charge < -0.3 is 9.64 Å². The lowest BCUT2D eigenvalue weighted by Crippen LogP contribution is -2.28. The van der Waals surface area contributed by atoms with Crippen molar-refractivity contribution in [3.05, 3.63) is 42.7 Å². The summed E-state index contributed by atoms with van der Waals surface area (Å²) in [5, 5.41) is 0. The Bertz CT molecular complexity index is 1240. The van der Waals surface area contributed by atoms with Crippen LogP contribution < -0.4 is 9.64 Å². The number of aromatic nitrogens is 2. The topological polar surface area (TPSA) is 81.0 Å². The van der Waals surface area contributed by atoms with Crippen molar-refractivity contribution in [3.63, 3.8) is 0 Å². The maximum Gasteiger partial charge on any atom is 0.227 e. The predicted octanol–water partition coefficient (Wildman–Crippen LogP) is 3.71. The van der Waals surface area contributed by atoms with E-state index in [0.29, 0.717) is 18.6 Å². The maximum absolute atomic E-state index is 13.2. The third-order valence-electron chi connectivity index (χ3n) is 5.42. The largest absolute Gasteiger partial charge is 0.495 e. The van der Waals surface area contributed by atoms with E-state index in [1.165, 1.54) is 7.11 Å². The van der Waals surface area contributed by atoms with Gasteiger partial charge in [-0.05, 0) is 39.3 Å². The molecular formula is C22H25N3O4S. The number of hydrogen-bond donors (Lipinski definition) is 0. The number of ether oxygens (including phenoxy) is 1. The van der Waals surface area contributed by atoms with Crippen LogP contribution in [0.15, 0.2) is 47.6 Å². The summed E-state index contributed by atoms with van der Waals surface area (Å²) in [6.07, 6.45) is 4.69. The Hall–Kier alpha value is -2.87. The molecule has 8 heteroatoms. The van der Waals surface area contributed by atoms with E-state index in [4.69, 9.17) is 4.74 Å². The third-order valence-corrected chi connectivity index (χ3v) is 7.92. The van der Waals surface area contributed by atoms with E-state index in [1.54, 1.807) is 48.5 Å². The normalized spacial score (nSPS) is 15.2. The average molecular weight is 428 g/mol. The van der Waals surface area contributed by atoms with Crippen molar-refractivity contribution >= 4 is 27.1 Å². The van der Waals surface area contributed by atoms with Gasteiger partial charge in [0, 0.05) is 36.5 Å². The summed E-state index contributed by atoms with van der Waals surface area (Å²) in [6, 6.07) is 9.31. The summed E-state index contributed by atoms with van der Waals surface area (Å²) < 4.78 is 32.5. The number of fused-ring (bicyclic) bond motifs is 1. The van der Waals surface area contributed by atoms with Crippen LogP contribution in [-0.4, -0.2) is 42.1 Å². The van der Waals surface area contributed by atoms with Gasteiger partial charge in [0.2, 0.25) is 5.91 Å². The van der Waals surface area contributed by atoms with Crippen molar-refractivity contribution in [3.8, 4) is 17.0 Å². The smallest absolute Gasteiger partial charge is 0.227 e. The monoisotopic (exact) mass is 427 g/mol. The molecule has 0 spiro atoms. The Kier molecular flexibility index (Phi) is 4.85. The molecule has 1 aromatic carbocycles. The molecule has 1 aliphatic heterocycles. The van der Waals surface area contributed by atoms with E-state index in [1.807, 2.05) is 24.3 Å². The number of carbonyl (C=O) groups is 1. The molecule has 158 valence electrons. The van der Waals surface area contributed by atoms with Crippen LogP contribution >= 0.6 is 0 Å². The summed E-state index contributed by atoms with van der Waals surface area (Å²) in [5.74, 6) is 0.388. The highest BCUT2D eigenvalue weighted by molar-refractivity contribution is 7.92. The molecule has 3 heterocycles. The highest BCUT2D eigenvalue weighted by Gasteiger charge is 2.34. The van der Waals surface area contributed by atoms with Crippen molar-refractivity contribution in [2.24, 2.45) is 0 Å². The molecule has 0 bridgehead atoms. The van der Waals surface area contributed by atoms with E-state index in [0.717, 1.165) is 23.4 Å². The van der Waals surface area contributed by atoms with Crippen LogP contribution in [0.5, 0.6) is 5.75 Å². The van der Waals surface area contributed by atoms with Gasteiger partial charge in [-0.3, -0.25) is 9.20 Å². The number of pyridine rings is 1. The number of nitrogens with zero attached hydrogens (tertiary/aromatic N) is 3. The quantitative estimate of drug-likeness (QED) is 0.634. The molecule has 7 nitrogen and oxygen atoms in total. The van der Waals surface area contributed by atoms with E-state index in [2.05, 4.69) is 4.98 Å². The van der Waals surface area contributed by atoms with Crippen LogP contribution in [0.1, 0.15) is 33.6 Å². The molecule has 3 aromatic rings. The van der Waals surface area contributed by atoms with Crippen LogP contribution in [0, 0.1) is 0 Å². The van der Waals surface area contributed by atoms with Crippen molar-refractivity contribution in [1.29, 1.82) is 0 Å². The fourth-order valence-corrected chi connectivity index (χ4v) is 4.96. The number of rotatable bonds is 4. The molecule has 0 saturated carbocycles. The zero-order chi connectivity index (χ0) is 21.7. The van der Waals surface area contributed by atoms with Gasteiger partial charge in [0.1, 0.15) is 16.3 Å². The van der Waals surface area contributed by atoms with Gasteiger partial charge in [0.25, 0.3) is 0 Å². The van der Waals surface area contributed by atoms with Gasteiger partial charge >= 0.3 is 0 Å². The Morgan fingerprint density at radius 2 is 1.93 bits per heavy atom. The number of methoxy groups -OCH3 is 1. The molecule has 30 heavy (non-hydrogen) atoms. The molecule has 1 aliphatic rings. The lowest BCUT2D eigenvalue weighted by atomic mass is 10.1. The summed E-state index contributed by atoms with van der Waals surface area (Å²) in [5.41, 5.74) is 3.01. The Morgan fingerprint density at radius 3 is 2.57 bits per heavy atom. The Labute approximate surface area is 176 Å². The first-order valence-electron chi connectivity index (χ1n) is 9.84. The molecule has 0 atom stereocenters. The number of amides is 1. The Balaban J connectivity index is 1.88. The molecule has 1 saturated heterocycles. The van der Waals surface area contributed by atoms with Gasteiger partial charge in [-0.15, -0.1) is 0 Å². The zero-order valence-electron chi connectivity index (χ0n) is 17.5. The van der Waals surface area contributed by atoms with Gasteiger partial charge in [0.15, 0.2) is 9.84 Å². The fourth-order valence-electron chi connectivity index (χ4n) is 3.65. The number of sulfone groups is 1. The standard InChI is InChI=1S/C22H25N3O4S/c1-22(2,3)30(27,28)19-14-25-17(13-23-20(25)12-18(19)29-4)15-7-5-8-16(11-15)24-10-6-9-21(24)26/h5,7-8,11-14H,6,9-10H2,1-4H3. The highest BCUT2D eigenvalue weighted by Crippen LogP contribution is 2.35. The summed E-state index contributed by atoms with van der Waals surface area (Å²) in [6.45, 7) is 5.70. The second kappa shape index (κ2) is 7.12. The molecule has 0 unspecified atom stereocenters. The van der Waals surface area contributed by atoms with Crippen molar-refractivity contribution in [2.75, 3.05) is 18.6 Å². The van der Waals surface area contributed by atoms with Crippen molar-refractivity contribution in [1.82, 2.24) is 9.38 Å². The van der Waals surface area contributed by atoms with E-state index in [9.17, 15) is 13.2 Å². The zero-order valence-corrected chi connectivity index (χ0v) is 18.4. The molecule has 4 rings (SSSR count). The molecule has 1 amide bonds. The molecule has 1 fully saturated rings. The van der Waals surface area contributed by atoms with E-state index in [-0.39, 0.29) is 16.6 Å². The average Bonchev–Trinajstić information content (AvgIpc) is 3.31. The minimum Gasteiger partial charge on any atom is -0.495 e. The number of imidazole rings is 1. The molecule has 2 aromatic heterocycles. The van der Waals surface area contributed by atoms with Crippen LogP contribution in [0.2, 0.25) is 0 Å². The minimum absolute atomic E-state index is 0.119. The minimum atomic E-state index is -3.64.